The molecule has 1 aromatic carbocycles. The number of anilines is 3. The predicted molar refractivity (Wildman–Crippen MR) is 123 cm³/mol. The summed E-state index contributed by atoms with van der Waals surface area (Å²) in [5.74, 6) is 0.630. The highest BCUT2D eigenvalue weighted by Gasteiger charge is 2.36. The molecule has 1 saturated carbocycles. The lowest BCUT2D eigenvalue weighted by atomic mass is 10.1. The number of benzene rings is 1. The first kappa shape index (κ1) is 22.0. The van der Waals surface area contributed by atoms with Gasteiger partial charge in [-0.2, -0.15) is 0 Å². The lowest BCUT2D eigenvalue weighted by Crippen LogP contribution is -2.37. The van der Waals surface area contributed by atoms with Crippen LogP contribution < -0.4 is 10.6 Å². The van der Waals surface area contributed by atoms with E-state index in [1.165, 1.54) is 25.7 Å². The van der Waals surface area contributed by atoms with Gasteiger partial charge in [-0.25, -0.2) is 14.8 Å². The smallest absolute Gasteiger partial charge is 0.411 e. The Bertz CT molecular complexity index is 934. The minimum absolute atomic E-state index is 0.0960. The van der Waals surface area contributed by atoms with Crippen LogP contribution in [-0.2, 0) is 9.53 Å². The third-order valence-electron chi connectivity index (χ3n) is 6.03. The van der Waals surface area contributed by atoms with Crippen molar-refractivity contribution in [3.8, 4) is 0 Å². The van der Waals surface area contributed by atoms with E-state index in [4.69, 9.17) is 4.74 Å². The van der Waals surface area contributed by atoms with Crippen molar-refractivity contribution in [2.75, 3.05) is 17.2 Å². The number of ether oxygens (including phenoxy) is 1. The van der Waals surface area contributed by atoms with Crippen LogP contribution in [-0.4, -0.2) is 45.6 Å². The van der Waals surface area contributed by atoms with Crippen LogP contribution >= 0.6 is 0 Å². The number of likely N-dealkylation sites (tertiary alicyclic amines) is 1. The molecule has 0 radical (unpaired) electrons. The van der Waals surface area contributed by atoms with Crippen molar-refractivity contribution in [1.29, 1.82) is 0 Å². The van der Waals surface area contributed by atoms with Crippen LogP contribution in [0.4, 0.5) is 22.1 Å². The molecule has 1 unspecified atom stereocenters. The van der Waals surface area contributed by atoms with Crippen molar-refractivity contribution in [1.82, 2.24) is 14.9 Å². The SMILES string of the molecule is Cc1cc(C)nc(Nc2ccc(NC(=O)OC3CC(=O)N(C4CCCCCC4)C3)cc2)n1. The van der Waals surface area contributed by atoms with Crippen molar-refractivity contribution in [3.63, 3.8) is 0 Å². The summed E-state index contributed by atoms with van der Waals surface area (Å²) < 4.78 is 5.54. The van der Waals surface area contributed by atoms with Crippen molar-refractivity contribution >= 4 is 29.3 Å². The molecule has 2 heterocycles. The Morgan fingerprint density at radius 2 is 1.62 bits per heavy atom. The summed E-state index contributed by atoms with van der Waals surface area (Å²) in [6.07, 6.45) is 6.26. The molecule has 32 heavy (non-hydrogen) atoms. The second kappa shape index (κ2) is 9.97. The Labute approximate surface area is 188 Å². The number of amides is 2. The maximum absolute atomic E-state index is 12.5. The maximum atomic E-state index is 12.5. The molecule has 2 aromatic rings. The van der Waals surface area contributed by atoms with Crippen LogP contribution in [0.3, 0.4) is 0 Å². The second-order valence-electron chi connectivity index (χ2n) is 8.72. The molecule has 0 spiro atoms. The number of rotatable bonds is 5. The molecule has 2 aliphatic rings. The third kappa shape index (κ3) is 5.75. The van der Waals surface area contributed by atoms with Gasteiger partial charge in [0.05, 0.1) is 13.0 Å². The van der Waals surface area contributed by atoms with Gasteiger partial charge in [0.25, 0.3) is 0 Å². The van der Waals surface area contributed by atoms with E-state index >= 15 is 0 Å². The standard InChI is InChI=1S/C24H31N5O3/c1-16-13-17(2)26-23(25-16)27-18-9-11-19(12-10-18)28-24(31)32-21-14-22(30)29(15-21)20-7-5-3-4-6-8-20/h9-13,20-21H,3-8,14-15H2,1-2H3,(H,28,31)(H,25,26,27). The highest BCUT2D eigenvalue weighted by atomic mass is 16.6. The molecule has 2 fully saturated rings. The summed E-state index contributed by atoms with van der Waals surface area (Å²) in [6, 6.07) is 9.45. The maximum Gasteiger partial charge on any atom is 0.411 e. The Hall–Kier alpha value is -3.16. The molecular formula is C24H31N5O3. The van der Waals surface area contributed by atoms with Gasteiger partial charge < -0.3 is 15.0 Å². The lowest BCUT2D eigenvalue weighted by molar-refractivity contribution is -0.129. The molecule has 1 aliphatic carbocycles. The van der Waals surface area contributed by atoms with E-state index in [1.54, 1.807) is 12.1 Å². The fourth-order valence-corrected chi connectivity index (χ4v) is 4.55. The van der Waals surface area contributed by atoms with E-state index in [0.717, 1.165) is 29.9 Å². The minimum atomic E-state index is -0.538. The van der Waals surface area contributed by atoms with Crippen LogP contribution in [0.15, 0.2) is 30.3 Å². The molecule has 1 atom stereocenters. The predicted octanol–water partition coefficient (Wildman–Crippen LogP) is 4.71. The van der Waals surface area contributed by atoms with Gasteiger partial charge in [-0.3, -0.25) is 10.1 Å². The van der Waals surface area contributed by atoms with Gasteiger partial charge >= 0.3 is 6.09 Å². The molecule has 2 N–H and O–H groups in total. The first-order chi connectivity index (χ1) is 15.5. The number of nitrogens with zero attached hydrogens (tertiary/aromatic N) is 3. The Kier molecular flexibility index (Phi) is 6.87. The average Bonchev–Trinajstić information content (AvgIpc) is 2.92. The second-order valence-corrected chi connectivity index (χ2v) is 8.72. The molecule has 8 heteroatoms. The van der Waals surface area contributed by atoms with E-state index in [9.17, 15) is 9.59 Å². The number of aromatic nitrogens is 2. The van der Waals surface area contributed by atoms with Crippen LogP contribution in [0.25, 0.3) is 0 Å². The minimum Gasteiger partial charge on any atom is -0.444 e. The number of aryl methyl sites for hydroxylation is 2. The van der Waals surface area contributed by atoms with Crippen molar-refractivity contribution in [2.45, 2.75) is 70.9 Å². The number of hydrogen-bond donors (Lipinski definition) is 2. The summed E-state index contributed by atoms with van der Waals surface area (Å²) in [5.41, 5.74) is 3.22. The number of carbonyl (C=O) groups is 2. The molecule has 8 nitrogen and oxygen atoms in total. The molecule has 170 valence electrons. The van der Waals surface area contributed by atoms with Gasteiger partial charge in [0, 0.05) is 28.8 Å². The van der Waals surface area contributed by atoms with Gasteiger partial charge in [-0.15, -0.1) is 0 Å². The molecule has 2 amide bonds. The van der Waals surface area contributed by atoms with Crippen molar-refractivity contribution in [2.24, 2.45) is 0 Å². The first-order valence-electron chi connectivity index (χ1n) is 11.4. The summed E-state index contributed by atoms with van der Waals surface area (Å²) in [5, 5.41) is 5.91. The van der Waals surface area contributed by atoms with Gasteiger partial charge in [-0.1, -0.05) is 25.7 Å². The normalized spacial score (nSPS) is 19.5. The van der Waals surface area contributed by atoms with Gasteiger partial charge in [0.15, 0.2) is 0 Å². The Morgan fingerprint density at radius 3 is 2.28 bits per heavy atom. The third-order valence-corrected chi connectivity index (χ3v) is 6.03. The van der Waals surface area contributed by atoms with Crippen LogP contribution in [0.1, 0.15) is 56.3 Å². The fraction of sp³-hybridized carbons (Fsp3) is 0.500. The highest BCUT2D eigenvalue weighted by molar-refractivity contribution is 5.86. The van der Waals surface area contributed by atoms with Crippen LogP contribution in [0, 0.1) is 13.8 Å². The zero-order chi connectivity index (χ0) is 22.5. The topological polar surface area (TPSA) is 96.4 Å². The van der Waals surface area contributed by atoms with Crippen LogP contribution in [0.5, 0.6) is 0 Å². The fourth-order valence-electron chi connectivity index (χ4n) is 4.55. The monoisotopic (exact) mass is 437 g/mol. The molecule has 1 saturated heterocycles. The van der Waals surface area contributed by atoms with Gasteiger partial charge in [0.1, 0.15) is 6.10 Å². The average molecular weight is 438 g/mol. The zero-order valence-corrected chi connectivity index (χ0v) is 18.8. The van der Waals surface area contributed by atoms with E-state index in [-0.39, 0.29) is 12.3 Å². The zero-order valence-electron chi connectivity index (χ0n) is 18.8. The molecule has 4 rings (SSSR count). The first-order valence-corrected chi connectivity index (χ1v) is 11.4. The van der Waals surface area contributed by atoms with Gasteiger partial charge in [-0.05, 0) is 57.0 Å². The van der Waals surface area contributed by atoms with E-state index in [0.29, 0.717) is 24.2 Å². The lowest BCUT2D eigenvalue weighted by Gasteiger charge is -2.26. The van der Waals surface area contributed by atoms with Crippen molar-refractivity contribution in [3.05, 3.63) is 41.7 Å². The number of nitrogens with one attached hydrogen (secondary N) is 2. The number of hydrogen-bond acceptors (Lipinski definition) is 6. The molecule has 1 aromatic heterocycles. The summed E-state index contributed by atoms with van der Waals surface area (Å²) in [7, 11) is 0. The van der Waals surface area contributed by atoms with E-state index < -0.39 is 12.2 Å². The Morgan fingerprint density at radius 1 is 1.00 bits per heavy atom. The van der Waals surface area contributed by atoms with E-state index in [1.807, 2.05) is 36.9 Å². The van der Waals surface area contributed by atoms with Crippen LogP contribution in [0.2, 0.25) is 0 Å². The largest absolute Gasteiger partial charge is 0.444 e. The Balaban J connectivity index is 1.28. The summed E-state index contributed by atoms with van der Waals surface area (Å²) in [6.45, 7) is 4.34. The summed E-state index contributed by atoms with van der Waals surface area (Å²) >= 11 is 0. The molecule has 0 bridgehead atoms. The summed E-state index contributed by atoms with van der Waals surface area (Å²) in [4.78, 5) is 35.5. The number of carbonyl (C=O) groups excluding carboxylic acids is 2. The quantitative estimate of drug-likeness (QED) is 0.658. The molecular weight excluding hydrogens is 406 g/mol. The molecule has 1 aliphatic heterocycles. The van der Waals surface area contributed by atoms with Gasteiger partial charge in [0.2, 0.25) is 11.9 Å². The van der Waals surface area contributed by atoms with Crippen molar-refractivity contribution < 1.29 is 14.3 Å². The highest BCUT2D eigenvalue weighted by Crippen LogP contribution is 2.27. The van der Waals surface area contributed by atoms with E-state index in [2.05, 4.69) is 20.6 Å².